The summed E-state index contributed by atoms with van der Waals surface area (Å²) >= 11 is 0. The molecule has 0 atom stereocenters. The van der Waals surface area contributed by atoms with Gasteiger partial charge in [-0.2, -0.15) is 0 Å². The molecule has 0 saturated heterocycles. The second-order valence-electron chi connectivity index (χ2n) is 11.8. The Morgan fingerprint density at radius 2 is 0.957 bits per heavy atom. The lowest BCUT2D eigenvalue weighted by atomic mass is 9.94. The van der Waals surface area contributed by atoms with Crippen LogP contribution in [0.5, 0.6) is 0 Å². The van der Waals surface area contributed by atoms with Crippen LogP contribution in [0.25, 0.3) is 88.4 Å². The Hall–Kier alpha value is -6.06. The van der Waals surface area contributed by atoms with Crippen LogP contribution in [0, 0.1) is 6.92 Å². The summed E-state index contributed by atoms with van der Waals surface area (Å²) in [4.78, 5) is 10.4. The Labute approximate surface area is 266 Å². The summed E-state index contributed by atoms with van der Waals surface area (Å²) in [6, 6.07) is 53.3. The molecule has 0 unspecified atom stereocenters. The van der Waals surface area contributed by atoms with Gasteiger partial charge in [0.05, 0.1) is 16.7 Å². The first-order valence-electron chi connectivity index (χ1n) is 15.6. The second-order valence-corrected chi connectivity index (χ2v) is 11.8. The quantitative estimate of drug-likeness (QED) is 0.192. The van der Waals surface area contributed by atoms with Gasteiger partial charge in [-0.05, 0) is 70.6 Å². The molecule has 0 aliphatic carbocycles. The first-order valence-corrected chi connectivity index (χ1v) is 15.6. The van der Waals surface area contributed by atoms with Gasteiger partial charge in [-0.25, -0.2) is 4.98 Å². The highest BCUT2D eigenvalue weighted by Crippen LogP contribution is 2.39. The third kappa shape index (κ3) is 4.36. The molecular weight excluding hydrogens is 560 g/mol. The smallest absolute Gasteiger partial charge is 0.135 e. The van der Waals surface area contributed by atoms with Crippen molar-refractivity contribution in [3.05, 3.63) is 157 Å². The van der Waals surface area contributed by atoms with Gasteiger partial charge in [0.2, 0.25) is 0 Å². The Balaban J connectivity index is 1.22. The number of benzene rings is 6. The zero-order valence-corrected chi connectivity index (χ0v) is 25.2. The molecule has 0 saturated carbocycles. The van der Waals surface area contributed by atoms with E-state index >= 15 is 0 Å². The van der Waals surface area contributed by atoms with E-state index in [1.807, 2.05) is 12.1 Å². The van der Waals surface area contributed by atoms with Crippen molar-refractivity contribution in [1.82, 2.24) is 9.97 Å². The Morgan fingerprint density at radius 3 is 1.67 bits per heavy atom. The van der Waals surface area contributed by atoms with Crippen molar-refractivity contribution in [3.8, 4) is 44.6 Å². The van der Waals surface area contributed by atoms with Crippen LogP contribution in [-0.4, -0.2) is 9.97 Å². The van der Waals surface area contributed by atoms with Crippen LogP contribution in [0.2, 0.25) is 0 Å². The largest absolute Gasteiger partial charge is 0.456 e. The van der Waals surface area contributed by atoms with Crippen molar-refractivity contribution in [2.24, 2.45) is 0 Å². The van der Waals surface area contributed by atoms with Crippen molar-refractivity contribution in [3.63, 3.8) is 0 Å². The second kappa shape index (κ2) is 10.5. The van der Waals surface area contributed by atoms with Crippen molar-refractivity contribution >= 4 is 43.7 Å². The highest BCUT2D eigenvalue weighted by Gasteiger charge is 2.16. The number of pyridine rings is 2. The van der Waals surface area contributed by atoms with Crippen molar-refractivity contribution in [2.75, 3.05) is 0 Å². The maximum atomic E-state index is 6.06. The van der Waals surface area contributed by atoms with Crippen molar-refractivity contribution in [2.45, 2.75) is 6.92 Å². The summed E-state index contributed by atoms with van der Waals surface area (Å²) < 4.78 is 6.06. The van der Waals surface area contributed by atoms with E-state index in [1.165, 1.54) is 11.1 Å². The standard InChI is InChI=1S/C43H28N2O/c1-27-24-36(29-10-4-2-5-11-29)34-21-22-35-37(30-12-6-3-7-13-30)26-39(45-43(35)42(34)44-27)31-18-16-28(17-19-31)32-20-23-41-38(25-32)33-14-8-9-15-40(33)46-41/h2-26H,1H3. The highest BCUT2D eigenvalue weighted by molar-refractivity contribution is 6.13. The summed E-state index contributed by atoms with van der Waals surface area (Å²) in [7, 11) is 0. The molecule has 3 heterocycles. The average Bonchev–Trinajstić information content (AvgIpc) is 3.49. The third-order valence-electron chi connectivity index (χ3n) is 8.95. The molecule has 3 heteroatoms. The number of furan rings is 1. The topological polar surface area (TPSA) is 38.9 Å². The number of fused-ring (bicyclic) bond motifs is 6. The summed E-state index contributed by atoms with van der Waals surface area (Å²) in [5.41, 5.74) is 13.6. The molecule has 0 aliphatic rings. The van der Waals surface area contributed by atoms with Crippen LogP contribution in [0.1, 0.15) is 5.69 Å². The highest BCUT2D eigenvalue weighted by atomic mass is 16.3. The van der Waals surface area contributed by atoms with Gasteiger partial charge in [0.25, 0.3) is 0 Å². The molecule has 0 aliphatic heterocycles. The fraction of sp³-hybridized carbons (Fsp3) is 0.0233. The van der Waals surface area contributed by atoms with Gasteiger partial charge in [0.1, 0.15) is 11.2 Å². The van der Waals surface area contributed by atoms with Gasteiger partial charge < -0.3 is 4.42 Å². The number of para-hydroxylation sites is 1. The van der Waals surface area contributed by atoms with Crippen molar-refractivity contribution < 1.29 is 4.42 Å². The molecule has 9 aromatic rings. The molecule has 3 aromatic heterocycles. The number of hydrogen-bond acceptors (Lipinski definition) is 3. The van der Waals surface area contributed by atoms with E-state index < -0.39 is 0 Å². The summed E-state index contributed by atoms with van der Waals surface area (Å²) in [6.45, 7) is 2.06. The minimum absolute atomic E-state index is 0.905. The predicted octanol–water partition coefficient (Wildman–Crippen LogP) is 11.7. The van der Waals surface area contributed by atoms with E-state index in [0.29, 0.717) is 0 Å². The van der Waals surface area contributed by atoms with Crippen LogP contribution in [0.15, 0.2) is 156 Å². The number of rotatable bonds is 4. The Kier molecular flexibility index (Phi) is 6.04. The van der Waals surface area contributed by atoms with E-state index in [9.17, 15) is 0 Å². The zero-order valence-electron chi connectivity index (χ0n) is 25.2. The fourth-order valence-corrected chi connectivity index (χ4v) is 6.70. The normalized spacial score (nSPS) is 11.6. The lowest BCUT2D eigenvalue weighted by Crippen LogP contribution is -1.95. The van der Waals surface area contributed by atoms with Gasteiger partial charge in [-0.15, -0.1) is 0 Å². The van der Waals surface area contributed by atoms with E-state index in [2.05, 4.69) is 146 Å². The molecule has 0 radical (unpaired) electrons. The van der Waals surface area contributed by atoms with Gasteiger partial charge in [-0.1, -0.05) is 121 Å². The van der Waals surface area contributed by atoms with Crippen molar-refractivity contribution in [1.29, 1.82) is 0 Å². The van der Waals surface area contributed by atoms with Gasteiger partial charge >= 0.3 is 0 Å². The summed E-state index contributed by atoms with van der Waals surface area (Å²) in [5.74, 6) is 0. The molecule has 0 bridgehead atoms. The van der Waals surface area contributed by atoms with E-state index in [-0.39, 0.29) is 0 Å². The SMILES string of the molecule is Cc1cc(-c2ccccc2)c2ccc3c(-c4ccccc4)cc(-c4ccc(-c5ccc6oc7ccccc7c6c5)cc4)nc3c2n1. The Bertz CT molecular complexity index is 2570. The monoisotopic (exact) mass is 588 g/mol. The lowest BCUT2D eigenvalue weighted by molar-refractivity contribution is 0.669. The predicted molar refractivity (Wildman–Crippen MR) is 191 cm³/mol. The number of nitrogens with zero attached hydrogens (tertiary/aromatic N) is 2. The average molecular weight is 589 g/mol. The van der Waals surface area contributed by atoms with Gasteiger partial charge in [0, 0.05) is 32.8 Å². The molecule has 9 rings (SSSR count). The lowest BCUT2D eigenvalue weighted by Gasteiger charge is -2.15. The molecular formula is C43H28N2O. The van der Waals surface area contributed by atoms with Gasteiger partial charge in [-0.3, -0.25) is 4.98 Å². The number of aromatic nitrogens is 2. The number of aryl methyl sites for hydroxylation is 1. The molecule has 6 aromatic carbocycles. The molecule has 0 N–H and O–H groups in total. The first-order chi connectivity index (χ1) is 22.7. The van der Waals surface area contributed by atoms with E-state index in [1.54, 1.807) is 0 Å². The molecule has 216 valence electrons. The number of hydrogen-bond donors (Lipinski definition) is 0. The molecule has 0 amide bonds. The maximum Gasteiger partial charge on any atom is 0.135 e. The van der Waals surface area contributed by atoms with Crippen LogP contribution in [-0.2, 0) is 0 Å². The fourth-order valence-electron chi connectivity index (χ4n) is 6.70. The van der Waals surface area contributed by atoms with E-state index in [4.69, 9.17) is 14.4 Å². The van der Waals surface area contributed by atoms with E-state index in [0.717, 1.165) is 82.9 Å². The molecule has 3 nitrogen and oxygen atoms in total. The molecule has 0 spiro atoms. The summed E-state index contributed by atoms with van der Waals surface area (Å²) in [6.07, 6.45) is 0. The zero-order chi connectivity index (χ0) is 30.6. The Morgan fingerprint density at radius 1 is 0.391 bits per heavy atom. The molecule has 0 fully saturated rings. The van der Waals surface area contributed by atoms with Crippen LogP contribution < -0.4 is 0 Å². The first kappa shape index (κ1) is 26.4. The third-order valence-corrected chi connectivity index (χ3v) is 8.95. The van der Waals surface area contributed by atoms with Crippen LogP contribution in [0.4, 0.5) is 0 Å². The van der Waals surface area contributed by atoms with Crippen LogP contribution in [0.3, 0.4) is 0 Å². The maximum absolute atomic E-state index is 6.06. The van der Waals surface area contributed by atoms with Crippen LogP contribution >= 0.6 is 0 Å². The van der Waals surface area contributed by atoms with Gasteiger partial charge in [0.15, 0.2) is 0 Å². The minimum Gasteiger partial charge on any atom is -0.456 e. The minimum atomic E-state index is 0.905. The summed E-state index contributed by atoms with van der Waals surface area (Å²) in [5, 5.41) is 4.46. The molecule has 46 heavy (non-hydrogen) atoms.